The van der Waals surface area contributed by atoms with E-state index < -0.39 is 0 Å². The average molecular weight is 228 g/mol. The second-order valence-electron chi connectivity index (χ2n) is 4.74. The maximum atomic E-state index is 11.9. The van der Waals surface area contributed by atoms with Crippen LogP contribution in [0.15, 0.2) is 0 Å². The Morgan fingerprint density at radius 3 is 2.80 bits per heavy atom. The average Bonchev–Trinajstić information content (AvgIpc) is 2.91. The number of thioether (sulfide) groups is 1. The molecule has 2 N–H and O–H groups in total. The third kappa shape index (κ3) is 2.48. The van der Waals surface area contributed by atoms with Crippen LogP contribution in [0, 0.1) is 5.92 Å². The molecule has 4 heteroatoms. The Morgan fingerprint density at radius 1 is 1.60 bits per heavy atom. The van der Waals surface area contributed by atoms with Gasteiger partial charge >= 0.3 is 0 Å². The molecule has 2 fully saturated rings. The summed E-state index contributed by atoms with van der Waals surface area (Å²) < 4.78 is 0.380. The first-order chi connectivity index (χ1) is 7.17. The summed E-state index contributed by atoms with van der Waals surface area (Å²) in [7, 11) is 0. The fourth-order valence-electron chi connectivity index (χ4n) is 2.19. The zero-order chi connectivity index (χ0) is 10.9. The molecule has 3 nitrogen and oxygen atoms in total. The molecule has 1 saturated heterocycles. The first-order valence-electron chi connectivity index (χ1n) is 5.73. The van der Waals surface area contributed by atoms with E-state index in [2.05, 4.69) is 23.8 Å². The lowest BCUT2D eigenvalue weighted by Gasteiger charge is -2.18. The highest BCUT2D eigenvalue weighted by Gasteiger charge is 2.42. The molecule has 0 bridgehead atoms. The molecule has 86 valence electrons. The molecule has 1 saturated carbocycles. The van der Waals surface area contributed by atoms with Crippen LogP contribution < -0.4 is 10.6 Å². The SMILES string of the molecule is CSC1(CNC(=O)C2CCNC2C)CC1. The van der Waals surface area contributed by atoms with Crippen LogP contribution in [-0.2, 0) is 4.79 Å². The van der Waals surface area contributed by atoms with Crippen LogP contribution in [0.4, 0.5) is 0 Å². The Bertz CT molecular complexity index is 253. The van der Waals surface area contributed by atoms with Crippen LogP contribution >= 0.6 is 11.8 Å². The number of hydrogen-bond acceptors (Lipinski definition) is 3. The second-order valence-corrected chi connectivity index (χ2v) is 6.02. The van der Waals surface area contributed by atoms with E-state index in [9.17, 15) is 4.79 Å². The quantitative estimate of drug-likeness (QED) is 0.754. The largest absolute Gasteiger partial charge is 0.354 e. The lowest BCUT2D eigenvalue weighted by atomic mass is 10.0. The number of carbonyl (C=O) groups excluding carboxylic acids is 1. The monoisotopic (exact) mass is 228 g/mol. The fraction of sp³-hybridized carbons (Fsp3) is 0.909. The highest BCUT2D eigenvalue weighted by atomic mass is 32.2. The van der Waals surface area contributed by atoms with E-state index in [4.69, 9.17) is 0 Å². The first kappa shape index (κ1) is 11.3. The molecule has 15 heavy (non-hydrogen) atoms. The standard InChI is InChI=1S/C11H20N2OS/c1-8-9(3-6-12-8)10(14)13-7-11(15-2)4-5-11/h8-9,12H,3-7H2,1-2H3,(H,13,14). The van der Waals surface area contributed by atoms with Crippen LogP contribution in [0.2, 0.25) is 0 Å². The maximum absolute atomic E-state index is 11.9. The lowest BCUT2D eigenvalue weighted by molar-refractivity contribution is -0.125. The molecule has 2 rings (SSSR count). The normalized spacial score (nSPS) is 32.7. The van der Waals surface area contributed by atoms with E-state index in [1.807, 2.05) is 11.8 Å². The van der Waals surface area contributed by atoms with E-state index in [1.54, 1.807) is 0 Å². The van der Waals surface area contributed by atoms with E-state index in [0.717, 1.165) is 19.5 Å². The van der Waals surface area contributed by atoms with Crippen molar-refractivity contribution in [2.45, 2.75) is 37.0 Å². The molecular formula is C11H20N2OS. The molecule has 1 aliphatic carbocycles. The lowest BCUT2D eigenvalue weighted by Crippen LogP contribution is -2.40. The topological polar surface area (TPSA) is 41.1 Å². The van der Waals surface area contributed by atoms with Gasteiger partial charge in [0.15, 0.2) is 0 Å². The third-order valence-electron chi connectivity index (χ3n) is 3.69. The van der Waals surface area contributed by atoms with Crippen LogP contribution in [-0.4, -0.2) is 36.0 Å². The van der Waals surface area contributed by atoms with Gasteiger partial charge in [-0.1, -0.05) is 0 Å². The first-order valence-corrected chi connectivity index (χ1v) is 6.96. The summed E-state index contributed by atoms with van der Waals surface area (Å²) in [5.74, 6) is 0.426. The van der Waals surface area contributed by atoms with Gasteiger partial charge in [-0.15, -0.1) is 0 Å². The summed E-state index contributed by atoms with van der Waals surface area (Å²) in [4.78, 5) is 11.9. The third-order valence-corrected chi connectivity index (χ3v) is 5.11. The van der Waals surface area contributed by atoms with E-state index in [-0.39, 0.29) is 11.8 Å². The van der Waals surface area contributed by atoms with Crippen molar-refractivity contribution in [3.63, 3.8) is 0 Å². The second kappa shape index (κ2) is 4.34. The van der Waals surface area contributed by atoms with Gasteiger partial charge in [-0.2, -0.15) is 11.8 Å². The Morgan fingerprint density at radius 2 is 2.33 bits per heavy atom. The molecule has 0 aromatic rings. The van der Waals surface area contributed by atoms with Crippen LogP contribution in [0.5, 0.6) is 0 Å². The minimum atomic E-state index is 0.183. The van der Waals surface area contributed by atoms with Gasteiger partial charge in [-0.05, 0) is 39.0 Å². The molecule has 2 aliphatic rings. The predicted molar refractivity (Wildman–Crippen MR) is 64.1 cm³/mol. The Hall–Kier alpha value is -0.220. The summed E-state index contributed by atoms with van der Waals surface area (Å²) in [5, 5.41) is 6.42. The van der Waals surface area contributed by atoms with Crippen molar-refractivity contribution in [2.24, 2.45) is 5.92 Å². The smallest absolute Gasteiger partial charge is 0.224 e. The molecule has 2 atom stereocenters. The van der Waals surface area contributed by atoms with E-state index in [0.29, 0.717) is 10.8 Å². The molecule has 1 heterocycles. The number of amides is 1. The zero-order valence-corrected chi connectivity index (χ0v) is 10.3. The van der Waals surface area contributed by atoms with Crippen molar-refractivity contribution in [1.82, 2.24) is 10.6 Å². The molecule has 0 spiro atoms. The van der Waals surface area contributed by atoms with Gasteiger partial charge in [0.25, 0.3) is 0 Å². The Labute approximate surface area is 95.8 Å². The molecule has 1 amide bonds. The molecule has 0 aromatic carbocycles. The van der Waals surface area contributed by atoms with Gasteiger partial charge in [-0.3, -0.25) is 4.79 Å². The van der Waals surface area contributed by atoms with Crippen molar-refractivity contribution in [1.29, 1.82) is 0 Å². The van der Waals surface area contributed by atoms with Crippen molar-refractivity contribution in [2.75, 3.05) is 19.3 Å². The van der Waals surface area contributed by atoms with Crippen LogP contribution in [0.3, 0.4) is 0 Å². The Balaban J connectivity index is 1.77. The van der Waals surface area contributed by atoms with Crippen LogP contribution in [0.25, 0.3) is 0 Å². The summed E-state index contributed by atoms with van der Waals surface area (Å²) in [6, 6.07) is 0.342. The van der Waals surface area contributed by atoms with Crippen molar-refractivity contribution < 1.29 is 4.79 Å². The Kier molecular flexibility index (Phi) is 3.26. The minimum absolute atomic E-state index is 0.183. The van der Waals surface area contributed by atoms with Crippen molar-refractivity contribution in [3.8, 4) is 0 Å². The van der Waals surface area contributed by atoms with Crippen molar-refractivity contribution >= 4 is 17.7 Å². The van der Waals surface area contributed by atoms with Gasteiger partial charge in [0.2, 0.25) is 5.91 Å². The maximum Gasteiger partial charge on any atom is 0.224 e. The summed E-state index contributed by atoms with van der Waals surface area (Å²) >= 11 is 1.89. The number of carbonyl (C=O) groups is 1. The van der Waals surface area contributed by atoms with Crippen LogP contribution in [0.1, 0.15) is 26.2 Å². The van der Waals surface area contributed by atoms with E-state index in [1.165, 1.54) is 12.8 Å². The molecule has 0 radical (unpaired) electrons. The zero-order valence-electron chi connectivity index (χ0n) is 9.51. The van der Waals surface area contributed by atoms with Gasteiger partial charge in [0.1, 0.15) is 0 Å². The molecule has 1 aliphatic heterocycles. The molecule has 2 unspecified atom stereocenters. The van der Waals surface area contributed by atoms with E-state index >= 15 is 0 Å². The molecule has 0 aromatic heterocycles. The number of nitrogens with one attached hydrogen (secondary N) is 2. The highest BCUT2D eigenvalue weighted by molar-refractivity contribution is 8.00. The van der Waals surface area contributed by atoms with Gasteiger partial charge in [0.05, 0.1) is 5.92 Å². The number of rotatable bonds is 4. The highest BCUT2D eigenvalue weighted by Crippen LogP contribution is 2.46. The van der Waals surface area contributed by atoms with Gasteiger partial charge in [-0.25, -0.2) is 0 Å². The fourth-order valence-corrected chi connectivity index (χ4v) is 2.92. The number of hydrogen-bond donors (Lipinski definition) is 2. The minimum Gasteiger partial charge on any atom is -0.354 e. The van der Waals surface area contributed by atoms with Crippen molar-refractivity contribution in [3.05, 3.63) is 0 Å². The van der Waals surface area contributed by atoms with Gasteiger partial charge < -0.3 is 10.6 Å². The summed E-state index contributed by atoms with van der Waals surface area (Å²) in [5.41, 5.74) is 0. The summed E-state index contributed by atoms with van der Waals surface area (Å²) in [6.45, 7) is 3.93. The summed E-state index contributed by atoms with van der Waals surface area (Å²) in [6.07, 6.45) is 5.64. The molecular weight excluding hydrogens is 208 g/mol. The van der Waals surface area contributed by atoms with Gasteiger partial charge in [0, 0.05) is 17.3 Å². The predicted octanol–water partition coefficient (Wildman–Crippen LogP) is 0.996.